The van der Waals surface area contributed by atoms with E-state index in [0.29, 0.717) is 17.4 Å². The van der Waals surface area contributed by atoms with Gasteiger partial charge in [-0.15, -0.1) is 11.3 Å². The van der Waals surface area contributed by atoms with Crippen molar-refractivity contribution in [3.8, 4) is 0 Å². The molecule has 3 rings (SSSR count). The highest BCUT2D eigenvalue weighted by Crippen LogP contribution is 2.31. The maximum absolute atomic E-state index is 12.9. The van der Waals surface area contributed by atoms with Crippen LogP contribution < -0.4 is 5.32 Å². The van der Waals surface area contributed by atoms with E-state index in [-0.39, 0.29) is 0 Å². The zero-order valence-corrected chi connectivity index (χ0v) is 11.7. The Labute approximate surface area is 126 Å². The van der Waals surface area contributed by atoms with E-state index in [4.69, 9.17) is 0 Å². The first-order valence-electron chi connectivity index (χ1n) is 6.11. The van der Waals surface area contributed by atoms with Gasteiger partial charge in [-0.25, -0.2) is 4.98 Å². The summed E-state index contributed by atoms with van der Waals surface area (Å²) in [6.07, 6.45) is -2.86. The molecule has 0 aliphatic carbocycles. The number of hydrogen-bond acceptors (Lipinski definition) is 4. The maximum atomic E-state index is 12.9. The third-order valence-electron chi connectivity index (χ3n) is 2.96. The number of benzene rings is 1. The van der Waals surface area contributed by atoms with Gasteiger partial charge in [0.15, 0.2) is 0 Å². The Bertz CT molecular complexity index is 844. The van der Waals surface area contributed by atoms with Crippen molar-refractivity contribution in [1.29, 1.82) is 0 Å². The number of anilines is 1. The molecule has 8 heteroatoms. The van der Waals surface area contributed by atoms with Gasteiger partial charge in [-0.1, -0.05) is 0 Å². The van der Waals surface area contributed by atoms with Crippen LogP contribution in [0.15, 0.2) is 42.2 Å². The molecule has 0 unspecified atom stereocenters. The Balaban J connectivity index is 1.91. The molecule has 22 heavy (non-hydrogen) atoms. The van der Waals surface area contributed by atoms with Crippen LogP contribution >= 0.6 is 11.3 Å². The van der Waals surface area contributed by atoms with E-state index in [1.54, 1.807) is 23.7 Å². The molecule has 0 saturated carbocycles. The van der Waals surface area contributed by atoms with Crippen LogP contribution in [0.5, 0.6) is 0 Å². The summed E-state index contributed by atoms with van der Waals surface area (Å²) in [7, 11) is 0. The number of rotatable bonds is 2. The van der Waals surface area contributed by atoms with Crippen molar-refractivity contribution in [2.75, 3.05) is 5.32 Å². The smallest absolute Gasteiger partial charge is 0.322 e. The molecule has 0 spiro atoms. The van der Waals surface area contributed by atoms with Gasteiger partial charge in [-0.3, -0.25) is 9.78 Å². The highest BCUT2D eigenvalue weighted by Gasteiger charge is 2.35. The SMILES string of the molecule is O=C(Nc1ccc2scnc2c1)c1ccncc1C(F)(F)F. The van der Waals surface area contributed by atoms with Gasteiger partial charge < -0.3 is 5.32 Å². The minimum Gasteiger partial charge on any atom is -0.322 e. The van der Waals surface area contributed by atoms with Crippen molar-refractivity contribution in [3.63, 3.8) is 0 Å². The first-order valence-corrected chi connectivity index (χ1v) is 6.99. The van der Waals surface area contributed by atoms with Gasteiger partial charge in [0.05, 0.1) is 26.9 Å². The van der Waals surface area contributed by atoms with Crippen molar-refractivity contribution in [2.45, 2.75) is 6.18 Å². The number of fused-ring (bicyclic) bond motifs is 1. The molecule has 0 aliphatic rings. The predicted octanol–water partition coefficient (Wildman–Crippen LogP) is 3.96. The zero-order chi connectivity index (χ0) is 15.7. The summed E-state index contributed by atoms with van der Waals surface area (Å²) in [5.74, 6) is -0.843. The number of aromatic nitrogens is 2. The predicted molar refractivity (Wildman–Crippen MR) is 76.8 cm³/mol. The van der Waals surface area contributed by atoms with Crippen LogP contribution in [0.4, 0.5) is 18.9 Å². The fourth-order valence-corrected chi connectivity index (χ4v) is 2.61. The van der Waals surface area contributed by atoms with Gasteiger partial charge >= 0.3 is 6.18 Å². The first-order chi connectivity index (χ1) is 10.4. The molecule has 1 amide bonds. The third-order valence-corrected chi connectivity index (χ3v) is 3.77. The Hall–Kier alpha value is -2.48. The molecule has 0 atom stereocenters. The van der Waals surface area contributed by atoms with E-state index >= 15 is 0 Å². The van der Waals surface area contributed by atoms with Crippen LogP contribution in [0.2, 0.25) is 0 Å². The molecule has 0 fully saturated rings. The average Bonchev–Trinajstić information content (AvgIpc) is 2.94. The van der Waals surface area contributed by atoms with E-state index in [0.717, 1.165) is 17.0 Å². The second-order valence-corrected chi connectivity index (χ2v) is 5.29. The zero-order valence-electron chi connectivity index (χ0n) is 10.9. The van der Waals surface area contributed by atoms with Gasteiger partial charge in [-0.2, -0.15) is 13.2 Å². The lowest BCUT2D eigenvalue weighted by Crippen LogP contribution is -2.19. The van der Waals surface area contributed by atoms with Gasteiger partial charge in [0.25, 0.3) is 5.91 Å². The first kappa shape index (κ1) is 14.5. The topological polar surface area (TPSA) is 54.9 Å². The molecule has 1 N–H and O–H groups in total. The van der Waals surface area contributed by atoms with E-state index in [2.05, 4.69) is 15.3 Å². The summed E-state index contributed by atoms with van der Waals surface area (Å²) in [4.78, 5) is 19.6. The van der Waals surface area contributed by atoms with E-state index in [9.17, 15) is 18.0 Å². The molecular weight excluding hydrogens is 315 g/mol. The normalized spacial score (nSPS) is 11.6. The number of thiazole rings is 1. The molecule has 1 aromatic carbocycles. The summed E-state index contributed by atoms with van der Waals surface area (Å²) >= 11 is 1.44. The van der Waals surface area contributed by atoms with Gasteiger partial charge in [0.2, 0.25) is 0 Å². The molecule has 4 nitrogen and oxygen atoms in total. The van der Waals surface area contributed by atoms with Crippen molar-refractivity contribution in [1.82, 2.24) is 9.97 Å². The van der Waals surface area contributed by atoms with Gasteiger partial charge in [0.1, 0.15) is 0 Å². The molecule has 0 saturated heterocycles. The molecule has 2 aromatic heterocycles. The van der Waals surface area contributed by atoms with E-state index in [1.807, 2.05) is 0 Å². The number of halogens is 3. The Morgan fingerprint density at radius 2 is 2.05 bits per heavy atom. The van der Waals surface area contributed by atoms with Crippen LogP contribution in [-0.4, -0.2) is 15.9 Å². The standard InChI is InChI=1S/C14H8F3N3OS/c15-14(16,17)10-6-18-4-3-9(10)13(21)20-8-1-2-12-11(5-8)19-7-22-12/h1-7H,(H,20,21). The second kappa shape index (κ2) is 5.38. The van der Waals surface area contributed by atoms with Crippen molar-refractivity contribution in [2.24, 2.45) is 0 Å². The van der Waals surface area contributed by atoms with Crippen LogP contribution in [0, 0.1) is 0 Å². The number of hydrogen-bond donors (Lipinski definition) is 1. The molecule has 2 heterocycles. The number of amides is 1. The average molecular weight is 323 g/mol. The van der Waals surface area contributed by atoms with Gasteiger partial charge in [-0.05, 0) is 24.3 Å². The summed E-state index contributed by atoms with van der Waals surface area (Å²) < 4.78 is 39.6. The number of nitrogens with zero attached hydrogens (tertiary/aromatic N) is 2. The molecule has 3 aromatic rings. The molecular formula is C14H8F3N3OS. The van der Waals surface area contributed by atoms with Crippen LogP contribution in [0.25, 0.3) is 10.2 Å². The summed E-state index contributed by atoms with van der Waals surface area (Å²) in [6.45, 7) is 0. The third kappa shape index (κ3) is 2.77. The lowest BCUT2D eigenvalue weighted by atomic mass is 10.1. The van der Waals surface area contributed by atoms with Crippen molar-refractivity contribution in [3.05, 3.63) is 53.3 Å². The highest BCUT2D eigenvalue weighted by atomic mass is 32.1. The van der Waals surface area contributed by atoms with Crippen LogP contribution in [-0.2, 0) is 6.18 Å². The molecule has 0 aliphatic heterocycles. The molecule has 112 valence electrons. The van der Waals surface area contributed by atoms with E-state index in [1.165, 1.54) is 11.3 Å². The van der Waals surface area contributed by atoms with Gasteiger partial charge in [0, 0.05) is 18.1 Å². The van der Waals surface area contributed by atoms with E-state index < -0.39 is 23.2 Å². The number of pyridine rings is 1. The largest absolute Gasteiger partial charge is 0.418 e. The summed E-state index contributed by atoms with van der Waals surface area (Å²) in [6, 6.07) is 6.02. The molecule has 0 radical (unpaired) electrons. The lowest BCUT2D eigenvalue weighted by molar-refractivity contribution is -0.138. The lowest BCUT2D eigenvalue weighted by Gasteiger charge is -2.12. The Morgan fingerprint density at radius 1 is 1.23 bits per heavy atom. The summed E-state index contributed by atoms with van der Waals surface area (Å²) in [5, 5.41) is 2.45. The second-order valence-electron chi connectivity index (χ2n) is 4.41. The number of alkyl halides is 3. The Kier molecular flexibility index (Phi) is 3.53. The number of nitrogens with one attached hydrogen (secondary N) is 1. The fourth-order valence-electron chi connectivity index (χ4n) is 1.95. The van der Waals surface area contributed by atoms with Crippen molar-refractivity contribution < 1.29 is 18.0 Å². The quantitative estimate of drug-likeness (QED) is 0.776. The van der Waals surface area contributed by atoms with Crippen LogP contribution in [0.3, 0.4) is 0 Å². The number of carbonyl (C=O) groups is 1. The monoisotopic (exact) mass is 323 g/mol. The minimum atomic E-state index is -4.64. The molecule has 0 bridgehead atoms. The highest BCUT2D eigenvalue weighted by molar-refractivity contribution is 7.16. The van der Waals surface area contributed by atoms with Crippen LogP contribution in [0.1, 0.15) is 15.9 Å². The Morgan fingerprint density at radius 3 is 2.82 bits per heavy atom. The number of carbonyl (C=O) groups excluding carboxylic acids is 1. The summed E-state index contributed by atoms with van der Waals surface area (Å²) in [5.41, 5.74) is 1.17. The fraction of sp³-hybridized carbons (Fsp3) is 0.0714. The minimum absolute atomic E-state index is 0.383. The van der Waals surface area contributed by atoms with Crippen molar-refractivity contribution >= 4 is 33.1 Å². The maximum Gasteiger partial charge on any atom is 0.418 e.